The van der Waals surface area contributed by atoms with Gasteiger partial charge in [0.1, 0.15) is 19.3 Å². The summed E-state index contributed by atoms with van der Waals surface area (Å²) in [5.74, 6) is -0.502. The van der Waals surface area contributed by atoms with E-state index in [2.05, 4.69) is 99.0 Å². The molecule has 3 unspecified atom stereocenters. The molecule has 0 saturated heterocycles. The van der Waals surface area contributed by atoms with Crippen molar-refractivity contribution in [1.29, 1.82) is 0 Å². The van der Waals surface area contributed by atoms with Crippen molar-refractivity contribution in [3.05, 3.63) is 85.1 Å². The normalized spacial score (nSPS) is 13.9. The van der Waals surface area contributed by atoms with Crippen LogP contribution in [0.2, 0.25) is 0 Å². The van der Waals surface area contributed by atoms with Crippen LogP contribution in [-0.2, 0) is 27.9 Å². The Hall–Kier alpha value is -2.81. The Morgan fingerprint density at radius 3 is 1.05 bits per heavy atom. The molecule has 0 aliphatic rings. The molecule has 0 bridgehead atoms. The predicted octanol–water partition coefficient (Wildman–Crippen LogP) is 25.2. The molecule has 1 amide bonds. The van der Waals surface area contributed by atoms with Gasteiger partial charge in [0.25, 0.3) is 0 Å². The van der Waals surface area contributed by atoms with Gasteiger partial charge in [-0.1, -0.05) is 357 Å². The maximum absolute atomic E-state index is 13.6. The Labute approximate surface area is 565 Å². The number of allylic oxidation sites excluding steroid dienone is 13. The zero-order chi connectivity index (χ0) is 66.3. The minimum Gasteiger partial charge on any atom is -0.456 e. The van der Waals surface area contributed by atoms with Crippen LogP contribution >= 0.6 is 7.82 Å². The van der Waals surface area contributed by atoms with Crippen molar-refractivity contribution in [1.82, 2.24) is 5.32 Å². The van der Waals surface area contributed by atoms with E-state index in [9.17, 15) is 19.0 Å². The number of nitrogens with one attached hydrogen (secondary N) is 1. The second kappa shape index (κ2) is 70.0. The number of phosphoric ester groups is 1. The van der Waals surface area contributed by atoms with Crippen molar-refractivity contribution in [2.45, 2.75) is 380 Å². The lowest BCUT2D eigenvalue weighted by Gasteiger charge is -2.27. The van der Waals surface area contributed by atoms with Gasteiger partial charge in [-0.05, 0) is 83.1 Å². The Balaban J connectivity index is 4.91. The molecule has 0 aromatic rings. The van der Waals surface area contributed by atoms with Gasteiger partial charge in [-0.15, -0.1) is 0 Å². The highest BCUT2D eigenvalue weighted by molar-refractivity contribution is 7.47. The fourth-order valence-corrected chi connectivity index (χ4v) is 12.2. The third kappa shape index (κ3) is 71.3. The minimum atomic E-state index is -4.46. The van der Waals surface area contributed by atoms with E-state index in [4.69, 9.17) is 13.8 Å². The number of carbonyl (C=O) groups is 2. The number of carbonyl (C=O) groups excluding carboxylic acids is 2. The molecule has 91 heavy (non-hydrogen) atoms. The molecule has 0 heterocycles. The SMILES string of the molecule is CC/C=C\C/C=C\C/C=C\C/C=C\C/C=C\C/C=C\CCCCCCCCCCC(=O)NC(COP(=O)(O)OCC[N+](C)(C)C)C(/C=C/CCCCCCCCCCC)OC(=O)CCCCCCCCCCCCCCCCCCCCCCCCCCCCC. The predicted molar refractivity (Wildman–Crippen MR) is 397 cm³/mol. The van der Waals surface area contributed by atoms with E-state index >= 15 is 0 Å². The molecule has 0 aliphatic carbocycles. The fraction of sp³-hybridized carbons (Fsp3) is 0.802. The molecular weight excluding hydrogens is 1140 g/mol. The number of ether oxygens (including phenoxy) is 1. The van der Waals surface area contributed by atoms with Crippen LogP contribution in [0.4, 0.5) is 0 Å². The van der Waals surface area contributed by atoms with Crippen molar-refractivity contribution in [2.75, 3.05) is 40.9 Å². The van der Waals surface area contributed by atoms with E-state index in [1.807, 2.05) is 33.3 Å². The number of likely N-dealkylation sites (N-methyl/N-ethyl adjacent to an activating group) is 1. The van der Waals surface area contributed by atoms with Crippen LogP contribution in [0.15, 0.2) is 85.1 Å². The molecule has 530 valence electrons. The van der Waals surface area contributed by atoms with Crippen LogP contribution in [0.25, 0.3) is 0 Å². The molecular formula is C81H150N2O7P+. The molecule has 10 heteroatoms. The minimum absolute atomic E-state index is 0.0370. The summed E-state index contributed by atoms with van der Waals surface area (Å²) in [5.41, 5.74) is 0. The first-order chi connectivity index (χ1) is 44.4. The van der Waals surface area contributed by atoms with Crippen LogP contribution in [0.5, 0.6) is 0 Å². The highest BCUT2D eigenvalue weighted by Crippen LogP contribution is 2.43. The molecule has 0 radical (unpaired) electrons. The lowest BCUT2D eigenvalue weighted by atomic mass is 10.0. The molecule has 0 fully saturated rings. The second-order valence-electron chi connectivity index (χ2n) is 27.5. The summed E-state index contributed by atoms with van der Waals surface area (Å²) in [7, 11) is 1.50. The highest BCUT2D eigenvalue weighted by Gasteiger charge is 2.30. The summed E-state index contributed by atoms with van der Waals surface area (Å²) >= 11 is 0. The van der Waals surface area contributed by atoms with E-state index in [1.165, 1.54) is 225 Å². The Bertz CT molecular complexity index is 1830. The summed E-state index contributed by atoms with van der Waals surface area (Å²) in [6.07, 6.45) is 94.8. The van der Waals surface area contributed by atoms with Gasteiger partial charge < -0.3 is 19.4 Å². The number of unbranched alkanes of at least 4 members (excludes halogenated alkanes) is 43. The first kappa shape index (κ1) is 88.2. The average molecular weight is 1300 g/mol. The number of nitrogens with zero attached hydrogens (tertiary/aromatic N) is 1. The molecule has 0 rings (SSSR count). The van der Waals surface area contributed by atoms with Gasteiger partial charge in [0.15, 0.2) is 0 Å². The van der Waals surface area contributed by atoms with Crippen molar-refractivity contribution in [3.8, 4) is 0 Å². The van der Waals surface area contributed by atoms with Crippen molar-refractivity contribution >= 4 is 19.7 Å². The van der Waals surface area contributed by atoms with Crippen molar-refractivity contribution in [3.63, 3.8) is 0 Å². The maximum atomic E-state index is 13.6. The first-order valence-corrected chi connectivity index (χ1v) is 40.4. The molecule has 2 N–H and O–H groups in total. The van der Waals surface area contributed by atoms with Gasteiger partial charge in [0.2, 0.25) is 5.91 Å². The van der Waals surface area contributed by atoms with E-state index in [0.717, 1.165) is 109 Å². The first-order valence-electron chi connectivity index (χ1n) is 38.9. The third-order valence-corrected chi connectivity index (χ3v) is 18.3. The third-order valence-electron chi connectivity index (χ3n) is 17.3. The van der Waals surface area contributed by atoms with Crippen LogP contribution in [-0.4, -0.2) is 74.3 Å². The van der Waals surface area contributed by atoms with E-state index in [1.54, 1.807) is 0 Å². The fourth-order valence-electron chi connectivity index (χ4n) is 11.4. The van der Waals surface area contributed by atoms with Gasteiger partial charge >= 0.3 is 13.8 Å². The highest BCUT2D eigenvalue weighted by atomic mass is 31.2. The summed E-state index contributed by atoms with van der Waals surface area (Å²) in [6, 6.07) is -0.856. The summed E-state index contributed by atoms with van der Waals surface area (Å²) in [6.45, 7) is 6.94. The largest absolute Gasteiger partial charge is 0.472 e. The van der Waals surface area contributed by atoms with Gasteiger partial charge in [-0.25, -0.2) is 4.57 Å². The average Bonchev–Trinajstić information content (AvgIpc) is 3.08. The molecule has 0 aromatic carbocycles. The Morgan fingerprint density at radius 2 is 0.703 bits per heavy atom. The van der Waals surface area contributed by atoms with E-state index in [-0.39, 0.29) is 25.1 Å². The van der Waals surface area contributed by atoms with Crippen molar-refractivity contribution < 1.29 is 37.3 Å². The Morgan fingerprint density at radius 1 is 0.396 bits per heavy atom. The smallest absolute Gasteiger partial charge is 0.456 e. The lowest BCUT2D eigenvalue weighted by molar-refractivity contribution is -0.870. The van der Waals surface area contributed by atoms with Gasteiger partial charge in [-0.2, -0.15) is 0 Å². The topological polar surface area (TPSA) is 111 Å². The zero-order valence-electron chi connectivity index (χ0n) is 60.8. The zero-order valence-corrected chi connectivity index (χ0v) is 61.7. The van der Waals surface area contributed by atoms with Crippen LogP contribution < -0.4 is 5.32 Å². The number of hydrogen-bond acceptors (Lipinski definition) is 6. The number of rotatable bonds is 71. The number of quaternary nitrogens is 1. The summed E-state index contributed by atoms with van der Waals surface area (Å²) in [5, 5.41) is 3.07. The molecule has 0 spiro atoms. The number of hydrogen-bond donors (Lipinski definition) is 2. The lowest BCUT2D eigenvalue weighted by Crippen LogP contribution is -2.47. The second-order valence-corrected chi connectivity index (χ2v) is 29.0. The van der Waals surface area contributed by atoms with Crippen molar-refractivity contribution in [2.24, 2.45) is 0 Å². The Kier molecular flexibility index (Phi) is 67.8. The van der Waals surface area contributed by atoms with Gasteiger partial charge in [0.05, 0.1) is 33.8 Å². The van der Waals surface area contributed by atoms with E-state index < -0.39 is 20.0 Å². The summed E-state index contributed by atoms with van der Waals surface area (Å²) in [4.78, 5) is 38.0. The molecule has 0 aliphatic heterocycles. The van der Waals surface area contributed by atoms with Crippen LogP contribution in [0, 0.1) is 0 Å². The standard InChI is InChI=1S/C81H149N2O7P/c1-7-10-13-16-19-22-25-27-29-31-33-35-37-39-41-43-45-47-49-51-53-55-58-61-64-67-70-73-80(84)82-78(77-89-91(86,87)88-76-75-83(4,5)6)79(72-69-66-63-60-57-24-21-18-15-12-9-3)90-81(85)74-71-68-65-62-59-56-54-52-50-48-46-44-42-40-38-36-34-32-30-28-26-23-20-17-14-11-8-2/h10,13,19,22,27,29,33,35,39,41,45,47,69,72,78-79H,7-9,11-12,14-18,20-21,23-26,28,30-32,34,36-38,40,42-44,46,48-68,70-71,73-77H2,1-6H3,(H-,82,84,86,87)/p+1/b13-10-,22-19-,29-27-,35-33-,41-39-,47-45-,72-69+. The molecule has 0 saturated carbocycles. The number of amides is 1. The molecule has 3 atom stereocenters. The van der Waals surface area contributed by atoms with Crippen LogP contribution in [0.1, 0.15) is 367 Å². The molecule has 0 aromatic heterocycles. The maximum Gasteiger partial charge on any atom is 0.472 e. The number of phosphoric acid groups is 1. The van der Waals surface area contributed by atoms with Gasteiger partial charge in [-0.3, -0.25) is 18.6 Å². The van der Waals surface area contributed by atoms with E-state index in [0.29, 0.717) is 23.9 Å². The monoisotopic (exact) mass is 1290 g/mol. The van der Waals surface area contributed by atoms with Crippen LogP contribution in [0.3, 0.4) is 0 Å². The summed E-state index contributed by atoms with van der Waals surface area (Å²) < 4.78 is 30.9. The molecule has 9 nitrogen and oxygen atoms in total. The quantitative estimate of drug-likeness (QED) is 0.0205. The number of esters is 1. The van der Waals surface area contributed by atoms with Gasteiger partial charge in [0, 0.05) is 12.8 Å².